The number of anilines is 1. The van der Waals surface area contributed by atoms with Crippen LogP contribution in [-0.4, -0.2) is 49.7 Å². The second kappa shape index (κ2) is 7.80. The van der Waals surface area contributed by atoms with Gasteiger partial charge in [-0.05, 0) is 17.7 Å². The molecule has 1 N–H and O–H groups in total. The average Bonchev–Trinajstić information content (AvgIpc) is 3.08. The predicted octanol–water partition coefficient (Wildman–Crippen LogP) is 2.40. The number of rotatable bonds is 4. The zero-order chi connectivity index (χ0) is 19.5. The van der Waals surface area contributed by atoms with E-state index in [9.17, 15) is 9.59 Å². The third-order valence-corrected chi connectivity index (χ3v) is 4.90. The zero-order valence-electron chi connectivity index (χ0n) is 15.8. The molecule has 1 saturated heterocycles. The molecule has 4 rings (SSSR count). The van der Waals surface area contributed by atoms with Crippen molar-refractivity contribution in [2.75, 3.05) is 31.7 Å². The molecule has 1 unspecified atom stereocenters. The molecule has 2 aromatic carbocycles. The van der Waals surface area contributed by atoms with E-state index in [4.69, 9.17) is 9.47 Å². The van der Waals surface area contributed by atoms with Crippen molar-refractivity contribution in [1.29, 1.82) is 0 Å². The highest BCUT2D eigenvalue weighted by molar-refractivity contribution is 5.97. The van der Waals surface area contributed by atoms with E-state index in [2.05, 4.69) is 5.32 Å². The lowest BCUT2D eigenvalue weighted by Crippen LogP contribution is -2.44. The normalized spacial score (nSPS) is 18.1. The van der Waals surface area contributed by atoms with E-state index in [1.54, 1.807) is 16.8 Å². The van der Waals surface area contributed by atoms with Gasteiger partial charge in [0.15, 0.2) is 11.5 Å². The number of nitrogens with zero attached hydrogens (tertiary/aromatic N) is 2. The molecule has 2 aliphatic rings. The van der Waals surface area contributed by atoms with E-state index in [1.165, 1.54) is 0 Å². The van der Waals surface area contributed by atoms with Gasteiger partial charge in [0.25, 0.3) is 0 Å². The molecule has 3 amide bonds. The van der Waals surface area contributed by atoms with E-state index in [0.717, 1.165) is 11.3 Å². The maximum Gasteiger partial charge on any atom is 0.317 e. The number of benzene rings is 2. The Labute approximate surface area is 163 Å². The van der Waals surface area contributed by atoms with Crippen LogP contribution in [0, 0.1) is 0 Å². The number of hydrogen-bond acceptors (Lipinski definition) is 4. The quantitative estimate of drug-likeness (QED) is 0.883. The van der Waals surface area contributed by atoms with Gasteiger partial charge < -0.3 is 24.6 Å². The van der Waals surface area contributed by atoms with Crippen LogP contribution in [0.1, 0.15) is 12.0 Å². The second-order valence-electron chi connectivity index (χ2n) is 7.02. The summed E-state index contributed by atoms with van der Waals surface area (Å²) in [7, 11) is 1.75. The van der Waals surface area contributed by atoms with Gasteiger partial charge in [-0.2, -0.15) is 0 Å². The molecule has 0 aliphatic carbocycles. The van der Waals surface area contributed by atoms with Crippen LogP contribution in [0.15, 0.2) is 48.5 Å². The Morgan fingerprint density at radius 1 is 1.14 bits per heavy atom. The monoisotopic (exact) mass is 381 g/mol. The number of hydrogen-bond donors (Lipinski definition) is 1. The minimum absolute atomic E-state index is 0.0207. The van der Waals surface area contributed by atoms with E-state index in [0.29, 0.717) is 37.8 Å². The summed E-state index contributed by atoms with van der Waals surface area (Å²) in [5.74, 6) is 1.31. The summed E-state index contributed by atoms with van der Waals surface area (Å²) in [5, 5.41) is 2.96. The number of carbonyl (C=O) groups is 2. The van der Waals surface area contributed by atoms with Crippen molar-refractivity contribution in [3.8, 4) is 11.5 Å². The van der Waals surface area contributed by atoms with Gasteiger partial charge in [-0.25, -0.2) is 4.79 Å². The van der Waals surface area contributed by atoms with Gasteiger partial charge in [-0.3, -0.25) is 4.79 Å². The van der Waals surface area contributed by atoms with Gasteiger partial charge in [-0.1, -0.05) is 30.3 Å². The van der Waals surface area contributed by atoms with E-state index < -0.39 is 0 Å². The molecular weight excluding hydrogens is 358 g/mol. The lowest BCUT2D eigenvalue weighted by atomic mass is 10.2. The van der Waals surface area contributed by atoms with Crippen LogP contribution in [0.3, 0.4) is 0 Å². The molecule has 7 heteroatoms. The van der Waals surface area contributed by atoms with Crippen molar-refractivity contribution < 1.29 is 19.1 Å². The maximum atomic E-state index is 12.5. The van der Waals surface area contributed by atoms with Crippen molar-refractivity contribution in [3.63, 3.8) is 0 Å². The minimum atomic E-state index is -0.230. The molecule has 0 saturated carbocycles. The number of amides is 3. The number of nitrogens with one attached hydrogen (secondary N) is 1. The topological polar surface area (TPSA) is 71.1 Å². The van der Waals surface area contributed by atoms with Crippen molar-refractivity contribution in [1.82, 2.24) is 10.2 Å². The molecule has 0 radical (unpaired) electrons. The Kier molecular flexibility index (Phi) is 5.06. The van der Waals surface area contributed by atoms with E-state index in [1.807, 2.05) is 48.5 Å². The van der Waals surface area contributed by atoms with Crippen molar-refractivity contribution in [2.24, 2.45) is 0 Å². The first-order valence-corrected chi connectivity index (χ1v) is 9.36. The number of ether oxygens (including phenoxy) is 2. The highest BCUT2D eigenvalue weighted by Crippen LogP contribution is 2.35. The first kappa shape index (κ1) is 18.2. The van der Waals surface area contributed by atoms with Crippen molar-refractivity contribution in [3.05, 3.63) is 54.1 Å². The molecule has 2 aliphatic heterocycles. The van der Waals surface area contributed by atoms with Crippen LogP contribution in [0.2, 0.25) is 0 Å². The van der Waals surface area contributed by atoms with Crippen LogP contribution < -0.4 is 19.7 Å². The fourth-order valence-corrected chi connectivity index (χ4v) is 3.47. The van der Waals surface area contributed by atoms with Crippen LogP contribution in [0.25, 0.3) is 0 Å². The Morgan fingerprint density at radius 3 is 2.68 bits per heavy atom. The Morgan fingerprint density at radius 2 is 1.89 bits per heavy atom. The fourth-order valence-electron chi connectivity index (χ4n) is 3.47. The number of carbonyl (C=O) groups excluding carboxylic acids is 2. The summed E-state index contributed by atoms with van der Waals surface area (Å²) in [6, 6.07) is 14.9. The molecule has 2 aromatic rings. The first-order valence-electron chi connectivity index (χ1n) is 9.36. The zero-order valence-corrected chi connectivity index (χ0v) is 15.8. The lowest BCUT2D eigenvalue weighted by Gasteiger charge is -2.23. The van der Waals surface area contributed by atoms with E-state index in [-0.39, 0.29) is 24.4 Å². The SMILES string of the molecule is CN(Cc1ccccc1)C(=O)NC1CC(=O)N(c2ccc3c(c2)OCCO3)C1. The molecule has 2 heterocycles. The molecule has 0 spiro atoms. The summed E-state index contributed by atoms with van der Waals surface area (Å²) in [5.41, 5.74) is 1.81. The van der Waals surface area contributed by atoms with Crippen LogP contribution in [0.5, 0.6) is 11.5 Å². The van der Waals surface area contributed by atoms with Gasteiger partial charge in [0, 0.05) is 38.3 Å². The Bertz CT molecular complexity index is 871. The molecule has 0 aromatic heterocycles. The molecule has 146 valence electrons. The minimum Gasteiger partial charge on any atom is -0.486 e. The maximum absolute atomic E-state index is 12.5. The molecular formula is C21H23N3O4. The smallest absolute Gasteiger partial charge is 0.317 e. The van der Waals surface area contributed by atoms with Crippen LogP contribution >= 0.6 is 0 Å². The van der Waals surface area contributed by atoms with Crippen LogP contribution in [0.4, 0.5) is 10.5 Å². The van der Waals surface area contributed by atoms with Crippen molar-refractivity contribution in [2.45, 2.75) is 19.0 Å². The Balaban J connectivity index is 1.37. The largest absolute Gasteiger partial charge is 0.486 e. The predicted molar refractivity (Wildman–Crippen MR) is 105 cm³/mol. The van der Waals surface area contributed by atoms with Gasteiger partial charge in [0.2, 0.25) is 5.91 Å². The highest BCUT2D eigenvalue weighted by atomic mass is 16.6. The fraction of sp³-hybridized carbons (Fsp3) is 0.333. The summed E-state index contributed by atoms with van der Waals surface area (Å²) in [6.07, 6.45) is 0.277. The third-order valence-electron chi connectivity index (χ3n) is 4.90. The average molecular weight is 381 g/mol. The number of urea groups is 1. The standard InChI is InChI=1S/C21H23N3O4/c1-23(13-15-5-3-2-4-6-15)21(26)22-16-11-20(25)24(14-16)17-7-8-18-19(12-17)28-10-9-27-18/h2-8,12,16H,9-11,13-14H2,1H3,(H,22,26). The molecule has 0 bridgehead atoms. The van der Waals surface area contributed by atoms with Gasteiger partial charge >= 0.3 is 6.03 Å². The lowest BCUT2D eigenvalue weighted by molar-refractivity contribution is -0.117. The van der Waals surface area contributed by atoms with E-state index >= 15 is 0 Å². The summed E-state index contributed by atoms with van der Waals surface area (Å²) >= 11 is 0. The van der Waals surface area contributed by atoms with Gasteiger partial charge in [0.1, 0.15) is 13.2 Å². The first-order chi connectivity index (χ1) is 13.6. The second-order valence-corrected chi connectivity index (χ2v) is 7.02. The van der Waals surface area contributed by atoms with Crippen LogP contribution in [-0.2, 0) is 11.3 Å². The molecule has 1 atom stereocenters. The van der Waals surface area contributed by atoms with Crippen molar-refractivity contribution >= 4 is 17.6 Å². The summed E-state index contributed by atoms with van der Waals surface area (Å²) < 4.78 is 11.1. The van der Waals surface area contributed by atoms with Gasteiger partial charge in [0.05, 0.1) is 6.04 Å². The third kappa shape index (κ3) is 3.88. The molecule has 28 heavy (non-hydrogen) atoms. The number of fused-ring (bicyclic) bond motifs is 1. The highest BCUT2D eigenvalue weighted by Gasteiger charge is 2.32. The summed E-state index contributed by atoms with van der Waals surface area (Å²) in [6.45, 7) is 1.97. The van der Waals surface area contributed by atoms with Gasteiger partial charge in [-0.15, -0.1) is 0 Å². The summed E-state index contributed by atoms with van der Waals surface area (Å²) in [4.78, 5) is 28.3. The molecule has 7 nitrogen and oxygen atoms in total. The molecule has 1 fully saturated rings. The Hall–Kier alpha value is -3.22.